The molecule has 4 atom stereocenters. The maximum absolute atomic E-state index is 6.37. The number of likely N-dealkylation sites (N-methyl/N-ethyl adjacent to an activating group) is 1. The molecule has 0 amide bonds. The maximum atomic E-state index is 6.37. The van der Waals surface area contributed by atoms with E-state index in [1.807, 2.05) is 0 Å². The molecule has 0 radical (unpaired) electrons. The Balaban J connectivity index is 2.12. The number of rotatable bonds is 6. The van der Waals surface area contributed by atoms with Crippen LogP contribution in [0.15, 0.2) is 28.7 Å². The van der Waals surface area contributed by atoms with Gasteiger partial charge in [-0.05, 0) is 49.4 Å². The molecule has 1 saturated carbocycles. The summed E-state index contributed by atoms with van der Waals surface area (Å²) in [6.45, 7) is 5.67. The number of nitrogens with two attached hydrogens (primary N) is 1. The van der Waals surface area contributed by atoms with Gasteiger partial charge in [-0.3, -0.25) is 4.90 Å². The smallest absolute Gasteiger partial charge is 0.0496 e. The van der Waals surface area contributed by atoms with Crippen LogP contribution in [0.4, 0.5) is 0 Å². The van der Waals surface area contributed by atoms with Crippen molar-refractivity contribution in [3.05, 3.63) is 34.3 Å². The fourth-order valence-electron chi connectivity index (χ4n) is 2.85. The average molecular weight is 325 g/mol. The molecule has 1 aliphatic carbocycles. The highest BCUT2D eigenvalue weighted by atomic mass is 79.9. The summed E-state index contributed by atoms with van der Waals surface area (Å²) >= 11 is 3.50. The van der Waals surface area contributed by atoms with Crippen molar-refractivity contribution in [3.8, 4) is 0 Å². The third-order valence-corrected chi connectivity index (χ3v) is 4.89. The molecule has 1 fully saturated rings. The Morgan fingerprint density at radius 2 is 1.95 bits per heavy atom. The SMILES string of the molecule is CCC(N)C(c1ccc(Br)cc1)N(C)CC1CC1C. The summed E-state index contributed by atoms with van der Waals surface area (Å²) < 4.78 is 1.12. The van der Waals surface area contributed by atoms with Gasteiger partial charge in [0.15, 0.2) is 0 Å². The molecule has 0 bridgehead atoms. The second-order valence-electron chi connectivity index (χ2n) is 5.98. The fraction of sp³-hybridized carbons (Fsp3) is 0.625. The van der Waals surface area contributed by atoms with Gasteiger partial charge in [0.1, 0.15) is 0 Å². The number of nitrogens with zero attached hydrogens (tertiary/aromatic N) is 1. The summed E-state index contributed by atoms with van der Waals surface area (Å²) in [5, 5.41) is 0. The Labute approximate surface area is 125 Å². The molecule has 2 rings (SSSR count). The van der Waals surface area contributed by atoms with Gasteiger partial charge >= 0.3 is 0 Å². The predicted octanol–water partition coefficient (Wildman–Crippen LogP) is 3.82. The van der Waals surface area contributed by atoms with Gasteiger partial charge in [-0.1, -0.05) is 41.9 Å². The molecular weight excluding hydrogens is 300 g/mol. The van der Waals surface area contributed by atoms with Crippen LogP contribution in [-0.4, -0.2) is 24.5 Å². The van der Waals surface area contributed by atoms with E-state index in [1.165, 1.54) is 12.0 Å². The maximum Gasteiger partial charge on any atom is 0.0496 e. The average Bonchev–Trinajstić information content (AvgIpc) is 3.07. The minimum Gasteiger partial charge on any atom is -0.326 e. The number of benzene rings is 1. The van der Waals surface area contributed by atoms with Crippen molar-refractivity contribution in [2.24, 2.45) is 17.6 Å². The number of halogens is 1. The van der Waals surface area contributed by atoms with Crippen molar-refractivity contribution in [1.82, 2.24) is 4.90 Å². The van der Waals surface area contributed by atoms with Gasteiger partial charge in [0.25, 0.3) is 0 Å². The van der Waals surface area contributed by atoms with Gasteiger partial charge < -0.3 is 5.73 Å². The predicted molar refractivity (Wildman–Crippen MR) is 85.1 cm³/mol. The van der Waals surface area contributed by atoms with E-state index in [2.05, 4.69) is 66.0 Å². The van der Waals surface area contributed by atoms with Gasteiger partial charge in [0.05, 0.1) is 0 Å². The van der Waals surface area contributed by atoms with Crippen molar-refractivity contribution >= 4 is 15.9 Å². The molecule has 0 spiro atoms. The van der Waals surface area contributed by atoms with E-state index in [0.717, 1.165) is 29.3 Å². The Bertz CT molecular complexity index is 404. The molecule has 1 aliphatic rings. The highest BCUT2D eigenvalue weighted by molar-refractivity contribution is 9.10. The quantitative estimate of drug-likeness (QED) is 0.862. The molecule has 0 aliphatic heterocycles. The second kappa shape index (κ2) is 6.38. The van der Waals surface area contributed by atoms with Crippen LogP contribution in [0, 0.1) is 11.8 Å². The molecule has 19 heavy (non-hydrogen) atoms. The van der Waals surface area contributed by atoms with Crippen molar-refractivity contribution in [3.63, 3.8) is 0 Å². The van der Waals surface area contributed by atoms with Gasteiger partial charge in [-0.25, -0.2) is 0 Å². The number of hydrogen-bond acceptors (Lipinski definition) is 2. The van der Waals surface area contributed by atoms with Crippen LogP contribution in [0.25, 0.3) is 0 Å². The molecule has 1 aromatic rings. The molecule has 0 heterocycles. The van der Waals surface area contributed by atoms with Crippen LogP contribution >= 0.6 is 15.9 Å². The van der Waals surface area contributed by atoms with Crippen LogP contribution in [0.2, 0.25) is 0 Å². The molecule has 0 aromatic heterocycles. The lowest BCUT2D eigenvalue weighted by Crippen LogP contribution is -2.39. The van der Waals surface area contributed by atoms with Crippen molar-refractivity contribution < 1.29 is 0 Å². The molecule has 2 N–H and O–H groups in total. The Morgan fingerprint density at radius 1 is 1.37 bits per heavy atom. The Hall–Kier alpha value is -0.380. The minimum absolute atomic E-state index is 0.195. The normalized spacial score (nSPS) is 25.4. The Kier molecular flexibility index (Phi) is 5.04. The summed E-state index contributed by atoms with van der Waals surface area (Å²) in [6.07, 6.45) is 2.38. The van der Waals surface area contributed by atoms with Crippen LogP contribution < -0.4 is 5.73 Å². The molecule has 3 heteroatoms. The Morgan fingerprint density at radius 3 is 2.42 bits per heavy atom. The highest BCUT2D eigenvalue weighted by Gasteiger charge is 2.35. The zero-order valence-corrected chi connectivity index (χ0v) is 13.7. The summed E-state index contributed by atoms with van der Waals surface area (Å²) in [4.78, 5) is 2.45. The van der Waals surface area contributed by atoms with Crippen LogP contribution in [-0.2, 0) is 0 Å². The molecule has 2 nitrogen and oxygen atoms in total. The zero-order chi connectivity index (χ0) is 14.0. The van der Waals surface area contributed by atoms with Gasteiger partial charge in [0, 0.05) is 23.1 Å². The lowest BCUT2D eigenvalue weighted by Gasteiger charge is -2.33. The van der Waals surface area contributed by atoms with E-state index in [1.54, 1.807) is 0 Å². The van der Waals surface area contributed by atoms with E-state index >= 15 is 0 Å². The molecular formula is C16H25BrN2. The first-order valence-corrected chi connectivity index (χ1v) is 8.03. The van der Waals surface area contributed by atoms with E-state index in [0.29, 0.717) is 6.04 Å². The highest BCUT2D eigenvalue weighted by Crippen LogP contribution is 2.39. The monoisotopic (exact) mass is 324 g/mol. The molecule has 4 unspecified atom stereocenters. The first kappa shape index (κ1) is 15.0. The summed E-state index contributed by atoms with van der Waals surface area (Å²) in [5.74, 6) is 1.76. The van der Waals surface area contributed by atoms with Crippen LogP contribution in [0.5, 0.6) is 0 Å². The lowest BCUT2D eigenvalue weighted by molar-refractivity contribution is 0.199. The van der Waals surface area contributed by atoms with Gasteiger partial charge in [-0.2, -0.15) is 0 Å². The summed E-state index contributed by atoms with van der Waals surface area (Å²) in [6, 6.07) is 9.12. The van der Waals surface area contributed by atoms with Crippen LogP contribution in [0.3, 0.4) is 0 Å². The summed E-state index contributed by atoms with van der Waals surface area (Å²) in [7, 11) is 2.22. The van der Waals surface area contributed by atoms with Crippen molar-refractivity contribution in [2.45, 2.75) is 38.8 Å². The molecule has 106 valence electrons. The van der Waals surface area contributed by atoms with E-state index < -0.39 is 0 Å². The van der Waals surface area contributed by atoms with E-state index in [9.17, 15) is 0 Å². The van der Waals surface area contributed by atoms with Crippen LogP contribution in [0.1, 0.15) is 38.3 Å². The van der Waals surface area contributed by atoms with E-state index in [4.69, 9.17) is 5.73 Å². The van der Waals surface area contributed by atoms with Gasteiger partial charge in [-0.15, -0.1) is 0 Å². The second-order valence-corrected chi connectivity index (χ2v) is 6.90. The largest absolute Gasteiger partial charge is 0.326 e. The lowest BCUT2D eigenvalue weighted by atomic mass is 9.96. The third kappa shape index (κ3) is 3.80. The first-order valence-electron chi connectivity index (χ1n) is 7.24. The topological polar surface area (TPSA) is 29.3 Å². The minimum atomic E-state index is 0.195. The van der Waals surface area contributed by atoms with Crippen molar-refractivity contribution in [2.75, 3.05) is 13.6 Å². The first-order chi connectivity index (χ1) is 9.02. The zero-order valence-electron chi connectivity index (χ0n) is 12.1. The molecule has 1 aromatic carbocycles. The summed E-state index contributed by atoms with van der Waals surface area (Å²) in [5.41, 5.74) is 7.69. The number of hydrogen-bond donors (Lipinski definition) is 1. The third-order valence-electron chi connectivity index (χ3n) is 4.36. The standard InChI is InChI=1S/C16H25BrN2/c1-4-15(18)16(12-5-7-14(17)8-6-12)19(3)10-13-9-11(13)2/h5-8,11,13,15-16H,4,9-10,18H2,1-3H3. The molecule has 0 saturated heterocycles. The van der Waals surface area contributed by atoms with Crippen molar-refractivity contribution in [1.29, 1.82) is 0 Å². The van der Waals surface area contributed by atoms with E-state index in [-0.39, 0.29) is 6.04 Å². The fourth-order valence-corrected chi connectivity index (χ4v) is 3.11. The van der Waals surface area contributed by atoms with Gasteiger partial charge in [0.2, 0.25) is 0 Å².